The Balaban J connectivity index is 2.46. The van der Waals surface area contributed by atoms with Gasteiger partial charge in [-0.2, -0.15) is 4.31 Å². The fraction of sp³-hybridized carbons (Fsp3) is 0.455. The third-order valence-corrected chi connectivity index (χ3v) is 4.88. The average Bonchev–Trinajstić information content (AvgIpc) is 3.07. The molecule has 1 aliphatic rings. The van der Waals surface area contributed by atoms with Crippen LogP contribution in [0.25, 0.3) is 0 Å². The molecule has 2 rings (SSSR count). The van der Waals surface area contributed by atoms with Crippen LogP contribution in [0.3, 0.4) is 0 Å². The summed E-state index contributed by atoms with van der Waals surface area (Å²) < 4.78 is 39.0. The summed E-state index contributed by atoms with van der Waals surface area (Å²) in [5, 5.41) is 0. The van der Waals surface area contributed by atoms with Crippen LogP contribution in [0, 0.1) is 12.7 Å². The van der Waals surface area contributed by atoms with Crippen molar-refractivity contribution in [3.63, 3.8) is 0 Å². The highest BCUT2D eigenvalue weighted by Gasteiger charge is 2.35. The van der Waals surface area contributed by atoms with Crippen molar-refractivity contribution in [3.8, 4) is 0 Å². The molecule has 1 aromatic rings. The molecule has 17 heavy (non-hydrogen) atoms. The molecule has 2 N–H and O–H groups in total. The van der Waals surface area contributed by atoms with Crippen molar-refractivity contribution < 1.29 is 12.8 Å². The standard InChI is InChI=1S/C11H15FN2O2S/c1-7-5-9(6-10(13)11(7)12)17(15,16)14(2)8-3-4-8/h5-6,8H,3-4,13H2,1-2H3. The lowest BCUT2D eigenvalue weighted by Gasteiger charge is -2.17. The van der Waals surface area contributed by atoms with Crippen molar-refractivity contribution in [2.75, 3.05) is 12.8 Å². The van der Waals surface area contributed by atoms with E-state index in [1.165, 1.54) is 23.4 Å². The van der Waals surface area contributed by atoms with Crippen LogP contribution in [-0.4, -0.2) is 25.8 Å². The van der Waals surface area contributed by atoms with Gasteiger partial charge in [0, 0.05) is 13.1 Å². The second-order valence-electron chi connectivity index (χ2n) is 4.40. The number of nitrogen functional groups attached to an aromatic ring is 1. The number of hydrogen-bond acceptors (Lipinski definition) is 3. The SMILES string of the molecule is Cc1cc(S(=O)(=O)N(C)C2CC2)cc(N)c1F. The predicted molar refractivity (Wildman–Crippen MR) is 63.5 cm³/mol. The highest BCUT2D eigenvalue weighted by atomic mass is 32.2. The molecule has 1 aromatic carbocycles. The van der Waals surface area contributed by atoms with Gasteiger partial charge in [0.05, 0.1) is 10.6 Å². The van der Waals surface area contributed by atoms with Gasteiger partial charge in [0.25, 0.3) is 0 Å². The van der Waals surface area contributed by atoms with Crippen LogP contribution in [-0.2, 0) is 10.0 Å². The highest BCUT2D eigenvalue weighted by molar-refractivity contribution is 7.89. The first-order chi connectivity index (χ1) is 7.84. The molecule has 0 saturated heterocycles. The molecule has 1 saturated carbocycles. The highest BCUT2D eigenvalue weighted by Crippen LogP contribution is 2.31. The monoisotopic (exact) mass is 258 g/mol. The Labute approximate surface area is 100 Å². The Bertz CT molecular complexity index is 530. The summed E-state index contributed by atoms with van der Waals surface area (Å²) in [7, 11) is -2.01. The normalized spacial score (nSPS) is 16.5. The van der Waals surface area contributed by atoms with Gasteiger partial charge in [0.1, 0.15) is 5.82 Å². The van der Waals surface area contributed by atoms with Crippen LogP contribution >= 0.6 is 0 Å². The maximum Gasteiger partial charge on any atom is 0.243 e. The number of nitrogens with two attached hydrogens (primary N) is 1. The number of aryl methyl sites for hydroxylation is 1. The van der Waals surface area contributed by atoms with Crippen molar-refractivity contribution in [2.24, 2.45) is 0 Å². The van der Waals surface area contributed by atoms with Crippen molar-refractivity contribution in [1.82, 2.24) is 4.31 Å². The van der Waals surface area contributed by atoms with Gasteiger partial charge in [0.15, 0.2) is 0 Å². The van der Waals surface area contributed by atoms with Gasteiger partial charge in [-0.25, -0.2) is 12.8 Å². The van der Waals surface area contributed by atoms with Crippen molar-refractivity contribution in [1.29, 1.82) is 0 Å². The molecule has 6 heteroatoms. The minimum absolute atomic E-state index is 0.0586. The maximum absolute atomic E-state index is 13.3. The molecule has 0 bridgehead atoms. The Hall–Kier alpha value is -1.14. The number of anilines is 1. The lowest BCUT2D eigenvalue weighted by atomic mass is 10.2. The van der Waals surface area contributed by atoms with E-state index in [0.29, 0.717) is 0 Å². The number of hydrogen-bond donors (Lipinski definition) is 1. The molecule has 0 spiro atoms. The molecular formula is C11H15FN2O2S. The third-order valence-electron chi connectivity index (χ3n) is 2.99. The van der Waals surface area contributed by atoms with Gasteiger partial charge in [-0.1, -0.05) is 0 Å². The lowest BCUT2D eigenvalue weighted by Crippen LogP contribution is -2.29. The minimum atomic E-state index is -3.55. The zero-order valence-corrected chi connectivity index (χ0v) is 10.6. The molecule has 94 valence electrons. The van der Waals surface area contributed by atoms with E-state index in [9.17, 15) is 12.8 Å². The van der Waals surface area contributed by atoms with Crippen molar-refractivity contribution in [3.05, 3.63) is 23.5 Å². The summed E-state index contributed by atoms with van der Waals surface area (Å²) in [5.74, 6) is -0.557. The van der Waals surface area contributed by atoms with E-state index in [1.54, 1.807) is 7.05 Å². The Morgan fingerprint density at radius 2 is 2.00 bits per heavy atom. The lowest BCUT2D eigenvalue weighted by molar-refractivity contribution is 0.464. The first-order valence-electron chi connectivity index (χ1n) is 5.37. The van der Waals surface area contributed by atoms with Crippen LogP contribution < -0.4 is 5.73 Å². The fourth-order valence-electron chi connectivity index (χ4n) is 1.71. The minimum Gasteiger partial charge on any atom is -0.396 e. The molecule has 4 nitrogen and oxygen atoms in total. The number of nitrogens with zero attached hydrogens (tertiary/aromatic N) is 1. The van der Waals surface area contributed by atoms with E-state index in [-0.39, 0.29) is 22.2 Å². The predicted octanol–water partition coefficient (Wildman–Crippen LogP) is 1.50. The summed E-state index contributed by atoms with van der Waals surface area (Å²) in [6.07, 6.45) is 1.76. The second kappa shape index (κ2) is 3.96. The van der Waals surface area contributed by atoms with E-state index >= 15 is 0 Å². The topological polar surface area (TPSA) is 63.4 Å². The second-order valence-corrected chi connectivity index (χ2v) is 6.39. The Kier molecular flexibility index (Phi) is 2.87. The number of rotatable bonds is 3. The molecule has 0 heterocycles. The average molecular weight is 258 g/mol. The molecular weight excluding hydrogens is 243 g/mol. The van der Waals surface area contributed by atoms with E-state index in [1.807, 2.05) is 0 Å². The largest absolute Gasteiger partial charge is 0.396 e. The fourth-order valence-corrected chi connectivity index (χ4v) is 3.25. The van der Waals surface area contributed by atoms with Gasteiger partial charge >= 0.3 is 0 Å². The summed E-state index contributed by atoms with van der Waals surface area (Å²) in [6, 6.07) is 2.57. The third kappa shape index (κ3) is 2.14. The molecule has 0 aliphatic heterocycles. The summed E-state index contributed by atoms with van der Waals surface area (Å²) >= 11 is 0. The van der Waals surface area contributed by atoms with Crippen LogP contribution in [0.15, 0.2) is 17.0 Å². The Morgan fingerprint density at radius 3 is 2.47 bits per heavy atom. The first-order valence-corrected chi connectivity index (χ1v) is 6.81. The quantitative estimate of drug-likeness (QED) is 0.836. The molecule has 1 fully saturated rings. The Morgan fingerprint density at radius 1 is 1.41 bits per heavy atom. The zero-order chi connectivity index (χ0) is 12.8. The van der Waals surface area contributed by atoms with Gasteiger partial charge < -0.3 is 5.73 Å². The first kappa shape index (κ1) is 12.3. The maximum atomic E-state index is 13.3. The van der Waals surface area contributed by atoms with Crippen LogP contribution in [0.1, 0.15) is 18.4 Å². The van der Waals surface area contributed by atoms with Crippen molar-refractivity contribution in [2.45, 2.75) is 30.7 Å². The number of sulfonamides is 1. The molecule has 0 radical (unpaired) electrons. The van der Waals surface area contributed by atoms with Crippen molar-refractivity contribution >= 4 is 15.7 Å². The molecule has 0 amide bonds. The smallest absolute Gasteiger partial charge is 0.243 e. The molecule has 0 unspecified atom stereocenters. The zero-order valence-electron chi connectivity index (χ0n) is 9.77. The summed E-state index contributed by atoms with van der Waals surface area (Å²) in [5.41, 5.74) is 5.56. The van der Waals surface area contributed by atoms with Crippen LogP contribution in [0.2, 0.25) is 0 Å². The summed E-state index contributed by atoms with van der Waals surface area (Å²) in [6.45, 7) is 1.50. The van der Waals surface area contributed by atoms with E-state index in [0.717, 1.165) is 12.8 Å². The molecule has 1 aliphatic carbocycles. The van der Waals surface area contributed by atoms with Crippen LogP contribution in [0.5, 0.6) is 0 Å². The van der Waals surface area contributed by atoms with Gasteiger partial charge in [-0.15, -0.1) is 0 Å². The van der Waals surface area contributed by atoms with Crippen LogP contribution in [0.4, 0.5) is 10.1 Å². The summed E-state index contributed by atoms with van der Waals surface area (Å²) in [4.78, 5) is 0.0586. The number of halogens is 1. The van der Waals surface area contributed by atoms with E-state index < -0.39 is 15.8 Å². The van der Waals surface area contributed by atoms with E-state index in [2.05, 4.69) is 0 Å². The number of benzene rings is 1. The van der Waals surface area contributed by atoms with E-state index in [4.69, 9.17) is 5.73 Å². The molecule has 0 atom stereocenters. The van der Waals surface area contributed by atoms with Gasteiger partial charge in [0.2, 0.25) is 10.0 Å². The van der Waals surface area contributed by atoms with Gasteiger partial charge in [-0.3, -0.25) is 0 Å². The van der Waals surface area contributed by atoms with Gasteiger partial charge in [-0.05, 0) is 37.5 Å². The molecule has 0 aromatic heterocycles.